The predicted octanol–water partition coefficient (Wildman–Crippen LogP) is 3.20. The fourth-order valence-corrected chi connectivity index (χ4v) is 1.86. The fraction of sp³-hybridized carbons (Fsp3) is 0.118. The van der Waals surface area contributed by atoms with Gasteiger partial charge in [-0.2, -0.15) is 5.26 Å². The molecule has 0 saturated carbocycles. The highest BCUT2D eigenvalue weighted by Gasteiger charge is 2.05. The monoisotopic (exact) mass is 264 g/mol. The minimum Gasteiger partial charge on any atom is -0.392 e. The van der Waals surface area contributed by atoms with Crippen molar-refractivity contribution in [1.82, 2.24) is 0 Å². The summed E-state index contributed by atoms with van der Waals surface area (Å²) in [6.07, 6.45) is 3.71. The van der Waals surface area contributed by atoms with E-state index < -0.39 is 6.04 Å². The van der Waals surface area contributed by atoms with E-state index in [4.69, 9.17) is 0 Å². The summed E-state index contributed by atoms with van der Waals surface area (Å²) in [5, 5.41) is 21.6. The summed E-state index contributed by atoms with van der Waals surface area (Å²) in [5.74, 6) is 0. The molecule has 0 amide bonds. The molecule has 0 aromatic heterocycles. The molecule has 3 nitrogen and oxygen atoms in total. The summed E-state index contributed by atoms with van der Waals surface area (Å²) in [4.78, 5) is 0. The van der Waals surface area contributed by atoms with Crippen molar-refractivity contribution in [2.45, 2.75) is 12.6 Å². The van der Waals surface area contributed by atoms with Crippen LogP contribution >= 0.6 is 0 Å². The molecule has 2 aromatic rings. The van der Waals surface area contributed by atoms with Crippen LogP contribution in [-0.2, 0) is 6.61 Å². The second kappa shape index (κ2) is 7.13. The molecule has 100 valence electrons. The average Bonchev–Trinajstić information content (AvgIpc) is 2.52. The molecule has 0 heterocycles. The van der Waals surface area contributed by atoms with E-state index >= 15 is 0 Å². The molecule has 3 heteroatoms. The Morgan fingerprint density at radius 2 is 1.80 bits per heavy atom. The maximum Gasteiger partial charge on any atom is 0.133 e. The third-order valence-electron chi connectivity index (χ3n) is 2.92. The Morgan fingerprint density at radius 3 is 2.50 bits per heavy atom. The Morgan fingerprint density at radius 1 is 1.10 bits per heavy atom. The number of aliphatic hydroxyl groups is 1. The molecule has 2 aromatic carbocycles. The van der Waals surface area contributed by atoms with Crippen molar-refractivity contribution < 1.29 is 5.11 Å². The van der Waals surface area contributed by atoms with E-state index in [1.54, 1.807) is 0 Å². The van der Waals surface area contributed by atoms with Crippen molar-refractivity contribution in [3.05, 3.63) is 71.8 Å². The number of rotatable bonds is 5. The van der Waals surface area contributed by atoms with Gasteiger partial charge in [0.2, 0.25) is 0 Å². The van der Waals surface area contributed by atoms with Gasteiger partial charge in [0.15, 0.2) is 0 Å². The Labute approximate surface area is 118 Å². The van der Waals surface area contributed by atoms with E-state index in [2.05, 4.69) is 11.4 Å². The number of hydrogen-bond donors (Lipinski definition) is 2. The molecular weight excluding hydrogens is 248 g/mol. The van der Waals surface area contributed by atoms with Crippen LogP contribution in [0.5, 0.6) is 0 Å². The van der Waals surface area contributed by atoms with Crippen LogP contribution < -0.4 is 5.32 Å². The largest absolute Gasteiger partial charge is 0.392 e. The molecule has 1 unspecified atom stereocenters. The zero-order chi connectivity index (χ0) is 14.2. The number of nitrogens with one attached hydrogen (secondary N) is 1. The van der Waals surface area contributed by atoms with Crippen molar-refractivity contribution in [1.29, 1.82) is 5.26 Å². The molecule has 0 aliphatic rings. The molecule has 0 bridgehead atoms. The van der Waals surface area contributed by atoms with Crippen molar-refractivity contribution in [3.8, 4) is 6.07 Å². The highest BCUT2D eigenvalue weighted by molar-refractivity contribution is 5.56. The summed E-state index contributed by atoms with van der Waals surface area (Å²) in [6.45, 7) is -0.0519. The molecule has 2 N–H and O–H groups in total. The minimum atomic E-state index is -0.442. The first-order chi connectivity index (χ1) is 9.83. The van der Waals surface area contributed by atoms with Gasteiger partial charge in [-0.15, -0.1) is 0 Å². The van der Waals surface area contributed by atoms with Crippen molar-refractivity contribution >= 4 is 11.8 Å². The molecule has 2 rings (SSSR count). The quantitative estimate of drug-likeness (QED) is 0.872. The number of benzene rings is 2. The lowest BCUT2D eigenvalue weighted by Crippen LogP contribution is -2.15. The second-order valence-electron chi connectivity index (χ2n) is 4.34. The first-order valence-electron chi connectivity index (χ1n) is 6.41. The number of anilines is 1. The van der Waals surface area contributed by atoms with Crippen molar-refractivity contribution in [2.24, 2.45) is 0 Å². The van der Waals surface area contributed by atoms with E-state index in [0.717, 1.165) is 16.8 Å². The topological polar surface area (TPSA) is 56.0 Å². The number of hydrogen-bond acceptors (Lipinski definition) is 3. The fourth-order valence-electron chi connectivity index (χ4n) is 1.86. The van der Waals surface area contributed by atoms with Gasteiger partial charge in [0.25, 0.3) is 0 Å². The number of aliphatic hydroxyl groups excluding tert-OH is 1. The average molecular weight is 264 g/mol. The maximum atomic E-state index is 9.27. The first kappa shape index (κ1) is 13.9. The molecule has 20 heavy (non-hydrogen) atoms. The van der Waals surface area contributed by atoms with Gasteiger partial charge in [-0.25, -0.2) is 0 Å². The highest BCUT2D eigenvalue weighted by atomic mass is 16.3. The molecule has 0 aliphatic heterocycles. The molecule has 0 fully saturated rings. The summed E-state index contributed by atoms with van der Waals surface area (Å²) >= 11 is 0. The predicted molar refractivity (Wildman–Crippen MR) is 80.9 cm³/mol. The van der Waals surface area contributed by atoms with E-state index in [0.29, 0.717) is 0 Å². The van der Waals surface area contributed by atoms with Crippen LogP contribution in [-0.4, -0.2) is 11.1 Å². The highest BCUT2D eigenvalue weighted by Crippen LogP contribution is 2.16. The molecule has 0 aliphatic carbocycles. The SMILES string of the molecule is N#CC(/C=C/c1ccccc1)Nc1ccccc1CO. The van der Waals surface area contributed by atoms with Gasteiger partial charge in [-0.1, -0.05) is 54.6 Å². The second-order valence-corrected chi connectivity index (χ2v) is 4.34. The van der Waals surface area contributed by atoms with Crippen LogP contribution in [0.4, 0.5) is 5.69 Å². The third-order valence-corrected chi connectivity index (χ3v) is 2.92. The summed E-state index contributed by atoms with van der Waals surface area (Å²) in [5.41, 5.74) is 2.60. The Bertz CT molecular complexity index is 614. The summed E-state index contributed by atoms with van der Waals surface area (Å²) in [6, 6.07) is 19.0. The summed E-state index contributed by atoms with van der Waals surface area (Å²) < 4.78 is 0. The van der Waals surface area contributed by atoms with Gasteiger partial charge in [0.1, 0.15) is 6.04 Å². The van der Waals surface area contributed by atoms with E-state index in [1.165, 1.54) is 0 Å². The lowest BCUT2D eigenvalue weighted by Gasteiger charge is -2.12. The zero-order valence-corrected chi connectivity index (χ0v) is 11.0. The molecule has 0 saturated heterocycles. The summed E-state index contributed by atoms with van der Waals surface area (Å²) in [7, 11) is 0. The van der Waals surface area contributed by atoms with Gasteiger partial charge in [-0.05, 0) is 17.7 Å². The number of nitrogens with zero attached hydrogens (tertiary/aromatic N) is 1. The van der Waals surface area contributed by atoms with Gasteiger partial charge >= 0.3 is 0 Å². The van der Waals surface area contributed by atoms with Crippen molar-refractivity contribution in [3.63, 3.8) is 0 Å². The van der Waals surface area contributed by atoms with Crippen LogP contribution in [0, 0.1) is 11.3 Å². The van der Waals surface area contributed by atoms with E-state index in [-0.39, 0.29) is 6.61 Å². The Kier molecular flexibility index (Phi) is 4.94. The smallest absolute Gasteiger partial charge is 0.133 e. The molecular formula is C17H16N2O. The Hall–Kier alpha value is -2.57. The lowest BCUT2D eigenvalue weighted by atomic mass is 10.1. The van der Waals surface area contributed by atoms with Crippen LogP contribution in [0.1, 0.15) is 11.1 Å². The van der Waals surface area contributed by atoms with E-state index in [1.807, 2.05) is 66.7 Å². The molecule has 0 radical (unpaired) electrons. The number of nitriles is 1. The first-order valence-corrected chi connectivity index (χ1v) is 6.41. The Balaban J connectivity index is 2.10. The van der Waals surface area contributed by atoms with Gasteiger partial charge < -0.3 is 10.4 Å². The van der Waals surface area contributed by atoms with Crippen molar-refractivity contribution in [2.75, 3.05) is 5.32 Å². The maximum absolute atomic E-state index is 9.27. The standard InChI is InChI=1S/C17H16N2O/c18-12-16(11-10-14-6-2-1-3-7-14)19-17-9-5-4-8-15(17)13-20/h1-11,16,19-20H,13H2/b11-10+. The van der Waals surface area contributed by atoms with Gasteiger partial charge in [0, 0.05) is 11.3 Å². The zero-order valence-electron chi connectivity index (χ0n) is 11.0. The molecule has 0 spiro atoms. The van der Waals surface area contributed by atoms with Gasteiger partial charge in [-0.3, -0.25) is 0 Å². The third kappa shape index (κ3) is 3.71. The van der Waals surface area contributed by atoms with Crippen LogP contribution in [0.2, 0.25) is 0 Å². The normalized spacial score (nSPS) is 12.0. The van der Waals surface area contributed by atoms with Crippen LogP contribution in [0.3, 0.4) is 0 Å². The van der Waals surface area contributed by atoms with Crippen LogP contribution in [0.25, 0.3) is 6.08 Å². The number of para-hydroxylation sites is 1. The minimum absolute atomic E-state index is 0.0519. The van der Waals surface area contributed by atoms with Crippen LogP contribution in [0.15, 0.2) is 60.7 Å². The van der Waals surface area contributed by atoms with E-state index in [9.17, 15) is 10.4 Å². The van der Waals surface area contributed by atoms with Gasteiger partial charge in [0.05, 0.1) is 12.7 Å². The lowest BCUT2D eigenvalue weighted by molar-refractivity contribution is 0.282. The molecule has 1 atom stereocenters.